The zero-order chi connectivity index (χ0) is 15.8. The summed E-state index contributed by atoms with van der Waals surface area (Å²) in [5.41, 5.74) is 0.942. The second kappa shape index (κ2) is 5.88. The van der Waals surface area contributed by atoms with Gasteiger partial charge in [-0.05, 0) is 36.1 Å². The molecule has 21 heavy (non-hydrogen) atoms. The first-order valence-electron chi connectivity index (χ1n) is 8.32. The van der Waals surface area contributed by atoms with Crippen LogP contribution in [0, 0.1) is 16.7 Å². The van der Waals surface area contributed by atoms with Gasteiger partial charge in [-0.25, -0.2) is 0 Å². The van der Waals surface area contributed by atoms with E-state index in [1.54, 1.807) is 4.90 Å². The first-order chi connectivity index (χ1) is 9.66. The molecule has 0 unspecified atom stereocenters. The summed E-state index contributed by atoms with van der Waals surface area (Å²) < 4.78 is 0. The van der Waals surface area contributed by atoms with Crippen molar-refractivity contribution in [3.05, 3.63) is 0 Å². The maximum absolute atomic E-state index is 11.7. The zero-order valence-electron chi connectivity index (χ0n) is 14.7. The van der Waals surface area contributed by atoms with Crippen molar-refractivity contribution in [1.82, 2.24) is 15.1 Å². The van der Waals surface area contributed by atoms with E-state index in [0.717, 1.165) is 38.4 Å². The van der Waals surface area contributed by atoms with Crippen molar-refractivity contribution >= 4 is 5.91 Å². The fourth-order valence-electron chi connectivity index (χ4n) is 3.76. The molecule has 0 atom stereocenters. The Bertz CT molecular complexity index is 367. The van der Waals surface area contributed by atoms with Gasteiger partial charge in [-0.1, -0.05) is 27.7 Å². The number of likely N-dealkylation sites (N-methyl/N-ethyl adjacent to an activating group) is 1. The predicted octanol–water partition coefficient (Wildman–Crippen LogP) is 1.81. The minimum Gasteiger partial charge on any atom is -0.348 e. The Morgan fingerprint density at radius 2 is 1.67 bits per heavy atom. The molecule has 0 aromatic heterocycles. The summed E-state index contributed by atoms with van der Waals surface area (Å²) in [6, 6.07) is 0.628. The van der Waals surface area contributed by atoms with Gasteiger partial charge in [-0.15, -0.1) is 0 Å². The Kier molecular flexibility index (Phi) is 4.69. The van der Waals surface area contributed by atoms with Crippen molar-refractivity contribution in [2.75, 3.05) is 40.3 Å². The largest absolute Gasteiger partial charge is 0.348 e. The van der Waals surface area contributed by atoms with E-state index < -0.39 is 0 Å². The maximum Gasteiger partial charge on any atom is 0.236 e. The lowest BCUT2D eigenvalue weighted by Gasteiger charge is -2.32. The molecule has 1 N–H and O–H groups in total. The molecule has 2 rings (SSSR count). The molecule has 2 fully saturated rings. The maximum atomic E-state index is 11.7. The van der Waals surface area contributed by atoms with Crippen LogP contribution >= 0.6 is 0 Å². The van der Waals surface area contributed by atoms with Gasteiger partial charge in [-0.3, -0.25) is 9.69 Å². The number of carbonyl (C=O) groups is 1. The Morgan fingerprint density at radius 1 is 1.14 bits per heavy atom. The summed E-state index contributed by atoms with van der Waals surface area (Å²) in [4.78, 5) is 15.7. The highest BCUT2D eigenvalue weighted by molar-refractivity contribution is 5.77. The quantitative estimate of drug-likeness (QED) is 0.840. The number of nitrogens with one attached hydrogen (secondary N) is 1. The van der Waals surface area contributed by atoms with Gasteiger partial charge in [0.05, 0.1) is 6.54 Å². The molecule has 0 bridgehead atoms. The molecule has 0 spiro atoms. The molecule has 1 aliphatic heterocycles. The third kappa shape index (κ3) is 3.42. The Balaban J connectivity index is 1.67. The Morgan fingerprint density at radius 3 is 2.10 bits per heavy atom. The highest BCUT2D eigenvalue weighted by atomic mass is 16.2. The van der Waals surface area contributed by atoms with Crippen LogP contribution in [-0.2, 0) is 4.79 Å². The molecule has 0 radical (unpaired) electrons. The topological polar surface area (TPSA) is 35.6 Å². The van der Waals surface area contributed by atoms with E-state index in [0.29, 0.717) is 23.4 Å². The number of rotatable bonds is 5. The van der Waals surface area contributed by atoms with Gasteiger partial charge >= 0.3 is 0 Å². The van der Waals surface area contributed by atoms with Crippen LogP contribution in [0.25, 0.3) is 0 Å². The summed E-state index contributed by atoms with van der Waals surface area (Å²) in [5.74, 6) is 1.00. The number of likely N-dealkylation sites (tertiary alicyclic amines) is 1. The third-order valence-electron chi connectivity index (χ3n) is 6.38. The second-order valence-corrected chi connectivity index (χ2v) is 8.24. The van der Waals surface area contributed by atoms with E-state index >= 15 is 0 Å². The molecule has 2 aliphatic rings. The summed E-state index contributed by atoms with van der Waals surface area (Å²) in [6.07, 6.45) is 2.32. The van der Waals surface area contributed by atoms with Crippen LogP contribution in [0.2, 0.25) is 0 Å². The Hall–Kier alpha value is -0.610. The number of carbonyl (C=O) groups excluding carboxylic acids is 1. The fraction of sp³-hybridized carbons (Fsp3) is 0.941. The summed E-state index contributed by atoms with van der Waals surface area (Å²) >= 11 is 0. The molecular formula is C17H33N3O. The van der Waals surface area contributed by atoms with E-state index in [2.05, 4.69) is 37.9 Å². The van der Waals surface area contributed by atoms with Crippen molar-refractivity contribution in [2.24, 2.45) is 16.7 Å². The standard InChI is InChI=1S/C17H33N3O/c1-16(2)14(17(16,3)4)11-18-13-7-9-20(10-8-13)12-15(21)19(5)6/h13-14,18H,7-12H2,1-6H3. The van der Waals surface area contributed by atoms with E-state index in [4.69, 9.17) is 0 Å². The smallest absolute Gasteiger partial charge is 0.236 e. The lowest BCUT2D eigenvalue weighted by molar-refractivity contribution is -0.130. The van der Waals surface area contributed by atoms with Gasteiger partial charge in [-0.2, -0.15) is 0 Å². The SMILES string of the molecule is CN(C)C(=O)CN1CCC(NCC2C(C)(C)C2(C)C)CC1. The minimum atomic E-state index is 0.211. The number of amides is 1. The molecule has 4 heteroatoms. The van der Waals surface area contributed by atoms with Crippen LogP contribution in [0.3, 0.4) is 0 Å². The molecule has 1 aliphatic carbocycles. The van der Waals surface area contributed by atoms with Crippen molar-refractivity contribution in [2.45, 2.75) is 46.6 Å². The molecule has 4 nitrogen and oxygen atoms in total. The molecule has 122 valence electrons. The van der Waals surface area contributed by atoms with Crippen LogP contribution in [0.4, 0.5) is 0 Å². The molecule has 0 aromatic rings. The molecular weight excluding hydrogens is 262 g/mol. The minimum absolute atomic E-state index is 0.211. The van der Waals surface area contributed by atoms with E-state index in [1.165, 1.54) is 0 Å². The lowest BCUT2D eigenvalue weighted by Crippen LogP contribution is -2.46. The fourth-order valence-corrected chi connectivity index (χ4v) is 3.76. The van der Waals surface area contributed by atoms with Gasteiger partial charge in [0.1, 0.15) is 0 Å². The van der Waals surface area contributed by atoms with Crippen molar-refractivity contribution < 1.29 is 4.79 Å². The molecule has 1 saturated carbocycles. The third-order valence-corrected chi connectivity index (χ3v) is 6.38. The van der Waals surface area contributed by atoms with Crippen LogP contribution in [0.15, 0.2) is 0 Å². The van der Waals surface area contributed by atoms with Gasteiger partial charge in [0.2, 0.25) is 5.91 Å². The summed E-state index contributed by atoms with van der Waals surface area (Å²) in [6.45, 7) is 13.3. The van der Waals surface area contributed by atoms with Crippen LogP contribution in [0.5, 0.6) is 0 Å². The average Bonchev–Trinajstić information content (AvgIpc) is 2.79. The monoisotopic (exact) mass is 295 g/mol. The van der Waals surface area contributed by atoms with E-state index in [9.17, 15) is 4.79 Å². The molecule has 1 heterocycles. The number of hydrogen-bond donors (Lipinski definition) is 1. The first kappa shape index (κ1) is 16.8. The number of hydrogen-bond acceptors (Lipinski definition) is 3. The van der Waals surface area contributed by atoms with Gasteiger partial charge < -0.3 is 10.2 Å². The number of piperidine rings is 1. The van der Waals surface area contributed by atoms with Crippen molar-refractivity contribution in [3.8, 4) is 0 Å². The van der Waals surface area contributed by atoms with Crippen LogP contribution < -0.4 is 5.32 Å². The predicted molar refractivity (Wildman–Crippen MR) is 87.2 cm³/mol. The van der Waals surface area contributed by atoms with E-state index in [-0.39, 0.29) is 5.91 Å². The highest BCUT2D eigenvalue weighted by Crippen LogP contribution is 2.67. The van der Waals surface area contributed by atoms with Crippen LogP contribution in [0.1, 0.15) is 40.5 Å². The van der Waals surface area contributed by atoms with E-state index in [1.807, 2.05) is 14.1 Å². The van der Waals surface area contributed by atoms with Crippen LogP contribution in [-0.4, -0.2) is 62.0 Å². The Labute approximate surface area is 130 Å². The van der Waals surface area contributed by atoms with Gasteiger partial charge in [0.25, 0.3) is 0 Å². The van der Waals surface area contributed by atoms with Crippen molar-refractivity contribution in [3.63, 3.8) is 0 Å². The summed E-state index contributed by atoms with van der Waals surface area (Å²) in [7, 11) is 3.66. The molecule has 0 aromatic carbocycles. The van der Waals surface area contributed by atoms with Gasteiger partial charge in [0, 0.05) is 33.2 Å². The average molecular weight is 295 g/mol. The molecule has 1 saturated heterocycles. The van der Waals surface area contributed by atoms with Crippen molar-refractivity contribution in [1.29, 1.82) is 0 Å². The summed E-state index contributed by atoms with van der Waals surface area (Å²) in [5, 5.41) is 3.77. The lowest BCUT2D eigenvalue weighted by atomic mass is 10.0. The second-order valence-electron chi connectivity index (χ2n) is 8.24. The first-order valence-corrected chi connectivity index (χ1v) is 8.32. The van der Waals surface area contributed by atoms with Gasteiger partial charge in [0.15, 0.2) is 0 Å². The normalized spacial score (nSPS) is 25.8. The molecule has 1 amide bonds. The number of nitrogens with zero attached hydrogens (tertiary/aromatic N) is 2. The zero-order valence-corrected chi connectivity index (χ0v) is 14.7. The highest BCUT2D eigenvalue weighted by Gasteiger charge is 2.63.